The number of nitrogens with one attached hydrogen (secondary N) is 1. The van der Waals surface area contributed by atoms with Crippen LogP contribution in [0, 0.1) is 0 Å². The smallest absolute Gasteiger partial charge is 0.228 e. The molecule has 1 aromatic heterocycles. The average Bonchev–Trinajstić information content (AvgIpc) is 2.85. The van der Waals surface area contributed by atoms with Gasteiger partial charge in [0.15, 0.2) is 0 Å². The quantitative estimate of drug-likeness (QED) is 0.767. The van der Waals surface area contributed by atoms with Crippen LogP contribution in [0.15, 0.2) is 54.7 Å². The molecule has 0 radical (unpaired) electrons. The number of benzene rings is 2. The van der Waals surface area contributed by atoms with Crippen molar-refractivity contribution in [3.05, 3.63) is 60.3 Å². The monoisotopic (exact) mass is 322 g/mol. The van der Waals surface area contributed by atoms with Crippen LogP contribution in [0.4, 0.5) is 5.69 Å². The second-order valence-corrected chi connectivity index (χ2v) is 6.20. The third kappa shape index (κ3) is 3.59. The van der Waals surface area contributed by atoms with Crippen molar-refractivity contribution in [1.29, 1.82) is 0 Å². The van der Waals surface area contributed by atoms with Crippen LogP contribution < -0.4 is 10.1 Å². The predicted octanol–water partition coefficient (Wildman–Crippen LogP) is 4.15. The Labute approximate surface area is 142 Å². The third-order valence-electron chi connectivity index (χ3n) is 3.84. The number of fused-ring (bicyclic) bond motifs is 1. The molecule has 1 amide bonds. The number of anilines is 1. The van der Waals surface area contributed by atoms with Crippen molar-refractivity contribution in [2.45, 2.75) is 26.4 Å². The summed E-state index contributed by atoms with van der Waals surface area (Å²) in [6, 6.07) is 15.6. The van der Waals surface area contributed by atoms with Crippen molar-refractivity contribution >= 4 is 22.5 Å². The summed E-state index contributed by atoms with van der Waals surface area (Å²) in [5.41, 5.74) is 2.94. The fraction of sp³-hybridized carbons (Fsp3) is 0.250. The number of rotatable bonds is 5. The molecule has 0 atom stereocenters. The molecule has 3 aromatic rings. The van der Waals surface area contributed by atoms with E-state index in [9.17, 15) is 4.79 Å². The van der Waals surface area contributed by atoms with Gasteiger partial charge in [0.1, 0.15) is 5.75 Å². The van der Waals surface area contributed by atoms with Gasteiger partial charge < -0.3 is 14.6 Å². The molecule has 0 aliphatic carbocycles. The summed E-state index contributed by atoms with van der Waals surface area (Å²) >= 11 is 0. The summed E-state index contributed by atoms with van der Waals surface area (Å²) in [6.45, 7) is 3.97. The van der Waals surface area contributed by atoms with Crippen LogP contribution in [0.1, 0.15) is 19.4 Å². The highest BCUT2D eigenvalue weighted by Crippen LogP contribution is 2.22. The maximum atomic E-state index is 12.3. The van der Waals surface area contributed by atoms with Crippen molar-refractivity contribution in [1.82, 2.24) is 4.57 Å². The molecule has 3 rings (SSSR count). The molecule has 0 bridgehead atoms. The zero-order chi connectivity index (χ0) is 17.1. The van der Waals surface area contributed by atoms with Gasteiger partial charge in [-0.2, -0.15) is 0 Å². The summed E-state index contributed by atoms with van der Waals surface area (Å²) in [5, 5.41) is 4.06. The Hall–Kier alpha value is -2.75. The van der Waals surface area contributed by atoms with Gasteiger partial charge in [-0.15, -0.1) is 0 Å². The van der Waals surface area contributed by atoms with Gasteiger partial charge in [0.2, 0.25) is 5.91 Å². The van der Waals surface area contributed by atoms with Gasteiger partial charge in [-0.05, 0) is 49.7 Å². The molecule has 24 heavy (non-hydrogen) atoms. The first-order valence-electron chi connectivity index (χ1n) is 8.12. The average molecular weight is 322 g/mol. The SMILES string of the molecule is CC(C)Oc1ccc(NC(=O)Cc2cn(C)c3ccccc23)cc1. The Balaban J connectivity index is 1.69. The Morgan fingerprint density at radius 2 is 1.83 bits per heavy atom. The number of aryl methyl sites for hydroxylation is 1. The number of carbonyl (C=O) groups excluding carboxylic acids is 1. The molecule has 2 aromatic carbocycles. The van der Waals surface area contributed by atoms with E-state index in [1.807, 2.05) is 63.5 Å². The minimum Gasteiger partial charge on any atom is -0.491 e. The van der Waals surface area contributed by atoms with Gasteiger partial charge in [0.05, 0.1) is 12.5 Å². The Kier molecular flexibility index (Phi) is 4.56. The number of nitrogens with zero attached hydrogens (tertiary/aromatic N) is 1. The molecule has 4 heteroatoms. The highest BCUT2D eigenvalue weighted by atomic mass is 16.5. The largest absolute Gasteiger partial charge is 0.491 e. The summed E-state index contributed by atoms with van der Waals surface area (Å²) in [5.74, 6) is 0.779. The third-order valence-corrected chi connectivity index (χ3v) is 3.84. The molecule has 0 unspecified atom stereocenters. The van der Waals surface area contributed by atoms with Gasteiger partial charge in [0, 0.05) is 29.8 Å². The number of hydrogen-bond donors (Lipinski definition) is 1. The molecule has 0 spiro atoms. The Morgan fingerprint density at radius 1 is 1.12 bits per heavy atom. The van der Waals surface area contributed by atoms with Crippen molar-refractivity contribution in [3.63, 3.8) is 0 Å². The van der Waals surface area contributed by atoms with Crippen molar-refractivity contribution < 1.29 is 9.53 Å². The minimum atomic E-state index is -0.0242. The van der Waals surface area contributed by atoms with Crippen LogP contribution in [0.2, 0.25) is 0 Å². The van der Waals surface area contributed by atoms with E-state index in [1.165, 1.54) is 0 Å². The van der Waals surface area contributed by atoms with E-state index < -0.39 is 0 Å². The van der Waals surface area contributed by atoms with Crippen LogP contribution in [0.3, 0.4) is 0 Å². The van der Waals surface area contributed by atoms with Gasteiger partial charge in [0.25, 0.3) is 0 Å². The molecule has 4 nitrogen and oxygen atoms in total. The lowest BCUT2D eigenvalue weighted by atomic mass is 10.1. The van der Waals surface area contributed by atoms with Crippen LogP contribution in [0.25, 0.3) is 10.9 Å². The van der Waals surface area contributed by atoms with Gasteiger partial charge in [-0.3, -0.25) is 4.79 Å². The molecule has 124 valence electrons. The highest BCUT2D eigenvalue weighted by molar-refractivity contribution is 5.96. The highest BCUT2D eigenvalue weighted by Gasteiger charge is 2.10. The fourth-order valence-corrected chi connectivity index (χ4v) is 2.83. The Morgan fingerprint density at radius 3 is 2.54 bits per heavy atom. The van der Waals surface area contributed by atoms with Crippen molar-refractivity contribution in [2.75, 3.05) is 5.32 Å². The zero-order valence-electron chi connectivity index (χ0n) is 14.2. The first-order chi connectivity index (χ1) is 11.5. The van der Waals surface area contributed by atoms with Gasteiger partial charge >= 0.3 is 0 Å². The van der Waals surface area contributed by atoms with E-state index in [-0.39, 0.29) is 12.0 Å². The van der Waals surface area contributed by atoms with Crippen LogP contribution >= 0.6 is 0 Å². The first kappa shape index (κ1) is 16.1. The second-order valence-electron chi connectivity index (χ2n) is 6.20. The lowest BCUT2D eigenvalue weighted by Gasteiger charge is -2.10. The normalized spacial score (nSPS) is 11.0. The lowest BCUT2D eigenvalue weighted by molar-refractivity contribution is -0.115. The summed E-state index contributed by atoms with van der Waals surface area (Å²) in [6.07, 6.45) is 2.51. The molecular weight excluding hydrogens is 300 g/mol. The summed E-state index contributed by atoms with van der Waals surface area (Å²) in [7, 11) is 2.00. The van der Waals surface area contributed by atoms with Crippen molar-refractivity contribution in [2.24, 2.45) is 7.05 Å². The Bertz CT molecular complexity index is 848. The summed E-state index contributed by atoms with van der Waals surface area (Å²) < 4.78 is 7.66. The number of aromatic nitrogens is 1. The van der Waals surface area contributed by atoms with E-state index in [2.05, 4.69) is 22.0 Å². The maximum absolute atomic E-state index is 12.3. The van der Waals surface area contributed by atoms with Crippen LogP contribution in [0.5, 0.6) is 5.75 Å². The molecule has 0 aliphatic heterocycles. The van der Waals surface area contributed by atoms with E-state index in [4.69, 9.17) is 4.74 Å². The molecule has 0 saturated heterocycles. The summed E-state index contributed by atoms with van der Waals surface area (Å²) in [4.78, 5) is 12.3. The lowest BCUT2D eigenvalue weighted by Crippen LogP contribution is -2.14. The minimum absolute atomic E-state index is 0.0242. The molecule has 0 aliphatic rings. The number of ether oxygens (including phenoxy) is 1. The van der Waals surface area contributed by atoms with Gasteiger partial charge in [-0.25, -0.2) is 0 Å². The molecule has 1 heterocycles. The standard InChI is InChI=1S/C20H22N2O2/c1-14(2)24-17-10-8-16(9-11-17)21-20(23)12-15-13-22(3)19-7-5-4-6-18(15)19/h4-11,13-14H,12H2,1-3H3,(H,21,23). The molecule has 0 saturated carbocycles. The van der Waals surface area contributed by atoms with E-state index in [0.29, 0.717) is 6.42 Å². The number of para-hydroxylation sites is 1. The zero-order valence-corrected chi connectivity index (χ0v) is 14.2. The van der Waals surface area contributed by atoms with E-state index in [1.54, 1.807) is 0 Å². The van der Waals surface area contributed by atoms with Crippen LogP contribution in [-0.4, -0.2) is 16.6 Å². The predicted molar refractivity (Wildman–Crippen MR) is 97.5 cm³/mol. The number of hydrogen-bond acceptors (Lipinski definition) is 2. The second kappa shape index (κ2) is 6.79. The first-order valence-corrected chi connectivity index (χ1v) is 8.12. The molecule has 0 fully saturated rings. The number of carbonyl (C=O) groups is 1. The molecular formula is C20H22N2O2. The van der Waals surface area contributed by atoms with E-state index in [0.717, 1.165) is 27.9 Å². The van der Waals surface area contributed by atoms with Gasteiger partial charge in [-0.1, -0.05) is 18.2 Å². The fourth-order valence-electron chi connectivity index (χ4n) is 2.83. The van der Waals surface area contributed by atoms with Crippen molar-refractivity contribution in [3.8, 4) is 5.75 Å². The topological polar surface area (TPSA) is 43.3 Å². The van der Waals surface area contributed by atoms with Crippen LogP contribution in [-0.2, 0) is 18.3 Å². The molecule has 1 N–H and O–H groups in total. The number of amides is 1. The maximum Gasteiger partial charge on any atom is 0.228 e. The van der Waals surface area contributed by atoms with E-state index >= 15 is 0 Å².